The zero-order valence-electron chi connectivity index (χ0n) is 17.2. The maximum atomic E-state index is 13.4. The molecule has 10 heteroatoms. The molecule has 1 amide bonds. The second-order valence-corrected chi connectivity index (χ2v) is 9.28. The summed E-state index contributed by atoms with van der Waals surface area (Å²) in [4.78, 5) is 30.9. The molecule has 0 unspecified atom stereocenters. The van der Waals surface area contributed by atoms with Crippen molar-refractivity contribution >= 4 is 81.1 Å². The summed E-state index contributed by atoms with van der Waals surface area (Å²) < 4.78 is 5.36. The van der Waals surface area contributed by atoms with E-state index in [2.05, 4.69) is 4.99 Å². The average Bonchev–Trinajstić information content (AvgIpc) is 3.10. The summed E-state index contributed by atoms with van der Waals surface area (Å²) in [6.07, 6.45) is 1.60. The summed E-state index contributed by atoms with van der Waals surface area (Å²) in [6, 6.07) is 18.5. The molecule has 3 aromatic rings. The van der Waals surface area contributed by atoms with Crippen molar-refractivity contribution in [2.24, 2.45) is 4.99 Å². The van der Waals surface area contributed by atoms with Crippen molar-refractivity contribution in [3.05, 3.63) is 92.3 Å². The molecule has 34 heavy (non-hydrogen) atoms. The molecule has 0 aromatic heterocycles. The van der Waals surface area contributed by atoms with Crippen molar-refractivity contribution in [1.82, 2.24) is 0 Å². The summed E-state index contributed by atoms with van der Waals surface area (Å²) in [7, 11) is 0. The number of nitrogens with zero attached hydrogens (tertiary/aromatic N) is 2. The highest BCUT2D eigenvalue weighted by Gasteiger charge is 2.35. The monoisotopic (exact) mass is 532 g/mol. The van der Waals surface area contributed by atoms with E-state index in [1.54, 1.807) is 72.8 Å². The SMILES string of the molecule is O=C(O)COc1ccc(Cl)cc1/C=C1\SC(=Nc2ccc(Cl)cc2)N(c2ccc(Cl)cc2)C1=O. The van der Waals surface area contributed by atoms with Gasteiger partial charge in [-0.1, -0.05) is 34.8 Å². The lowest BCUT2D eigenvalue weighted by atomic mass is 10.1. The number of aliphatic imine (C=N–C) groups is 1. The lowest BCUT2D eigenvalue weighted by molar-refractivity contribution is -0.139. The molecule has 1 saturated heterocycles. The number of carbonyl (C=O) groups excluding carboxylic acids is 1. The van der Waals surface area contributed by atoms with E-state index < -0.39 is 12.6 Å². The number of aliphatic carboxylic acids is 1. The van der Waals surface area contributed by atoms with Gasteiger partial charge in [-0.3, -0.25) is 9.69 Å². The molecule has 172 valence electrons. The molecule has 0 bridgehead atoms. The third kappa shape index (κ3) is 5.74. The van der Waals surface area contributed by atoms with Crippen molar-refractivity contribution in [3.8, 4) is 5.75 Å². The maximum absolute atomic E-state index is 13.4. The summed E-state index contributed by atoms with van der Waals surface area (Å²) in [5.74, 6) is -1.15. The number of amides is 1. The van der Waals surface area contributed by atoms with Gasteiger partial charge in [0.2, 0.25) is 0 Å². The number of amidine groups is 1. The molecule has 0 aliphatic carbocycles. The van der Waals surface area contributed by atoms with Gasteiger partial charge in [-0.2, -0.15) is 0 Å². The number of ether oxygens (including phenoxy) is 1. The number of thioether (sulfide) groups is 1. The van der Waals surface area contributed by atoms with E-state index >= 15 is 0 Å². The Labute approximate surface area is 214 Å². The van der Waals surface area contributed by atoms with Crippen LogP contribution in [0.15, 0.2) is 76.6 Å². The van der Waals surface area contributed by atoms with E-state index in [1.807, 2.05) is 0 Å². The fourth-order valence-corrected chi connectivity index (χ4v) is 4.46. The molecule has 1 aliphatic heterocycles. The minimum Gasteiger partial charge on any atom is -0.481 e. The van der Waals surface area contributed by atoms with Crippen LogP contribution in [0, 0.1) is 0 Å². The fraction of sp³-hybridized carbons (Fsp3) is 0.0417. The van der Waals surface area contributed by atoms with E-state index in [1.165, 1.54) is 16.7 Å². The van der Waals surface area contributed by atoms with Crippen LogP contribution in [0.3, 0.4) is 0 Å². The maximum Gasteiger partial charge on any atom is 0.341 e. The van der Waals surface area contributed by atoms with Gasteiger partial charge in [-0.25, -0.2) is 9.79 Å². The van der Waals surface area contributed by atoms with Crippen molar-refractivity contribution < 1.29 is 19.4 Å². The first-order valence-corrected chi connectivity index (χ1v) is 11.7. The minimum atomic E-state index is -1.12. The van der Waals surface area contributed by atoms with Gasteiger partial charge in [0.05, 0.1) is 16.3 Å². The summed E-state index contributed by atoms with van der Waals surface area (Å²) in [6.45, 7) is -0.529. The molecule has 0 atom stereocenters. The Morgan fingerprint density at radius 3 is 2.24 bits per heavy atom. The molecule has 3 aromatic carbocycles. The topological polar surface area (TPSA) is 79.2 Å². The first kappa shape index (κ1) is 24.2. The first-order valence-electron chi connectivity index (χ1n) is 9.78. The van der Waals surface area contributed by atoms with Gasteiger partial charge in [0, 0.05) is 20.6 Å². The Bertz CT molecular complexity index is 1310. The highest BCUT2D eigenvalue weighted by molar-refractivity contribution is 8.19. The highest BCUT2D eigenvalue weighted by atomic mass is 35.5. The van der Waals surface area contributed by atoms with E-state index in [-0.39, 0.29) is 11.7 Å². The Morgan fingerprint density at radius 1 is 0.971 bits per heavy atom. The molecule has 6 nitrogen and oxygen atoms in total. The van der Waals surface area contributed by atoms with Gasteiger partial charge in [0.25, 0.3) is 5.91 Å². The van der Waals surface area contributed by atoms with Crippen LogP contribution in [0.5, 0.6) is 5.75 Å². The lowest BCUT2D eigenvalue weighted by Crippen LogP contribution is -2.28. The number of benzene rings is 3. The standard InChI is InChI=1S/C24H15Cl3N2O4S/c25-15-1-6-18(7-2-15)28-24-29(19-8-3-16(26)4-9-19)23(32)21(34-24)12-14-11-17(27)5-10-20(14)33-13-22(30)31/h1-12H,13H2,(H,30,31)/b21-12-,28-24?. The van der Waals surface area contributed by atoms with Gasteiger partial charge >= 0.3 is 5.97 Å². The van der Waals surface area contributed by atoms with Gasteiger partial charge < -0.3 is 9.84 Å². The molecule has 0 spiro atoms. The Hall–Kier alpha value is -2.97. The number of hydrogen-bond acceptors (Lipinski definition) is 5. The summed E-state index contributed by atoms with van der Waals surface area (Å²) in [5, 5.41) is 10.9. The number of anilines is 1. The van der Waals surface area contributed by atoms with Crippen LogP contribution in [-0.4, -0.2) is 28.8 Å². The molecule has 1 N–H and O–H groups in total. The normalized spacial score (nSPS) is 15.9. The van der Waals surface area contributed by atoms with Crippen molar-refractivity contribution in [2.75, 3.05) is 11.5 Å². The predicted molar refractivity (Wildman–Crippen MR) is 138 cm³/mol. The van der Waals surface area contributed by atoms with Crippen molar-refractivity contribution in [3.63, 3.8) is 0 Å². The Kier molecular flexibility index (Phi) is 7.48. The number of carboxylic acids is 1. The van der Waals surface area contributed by atoms with Gasteiger partial charge in [0.1, 0.15) is 5.75 Å². The fourth-order valence-electron chi connectivity index (χ4n) is 3.04. The van der Waals surface area contributed by atoms with E-state index in [9.17, 15) is 9.59 Å². The Morgan fingerprint density at radius 2 is 1.59 bits per heavy atom. The van der Waals surface area contributed by atoms with E-state index in [4.69, 9.17) is 44.6 Å². The molecule has 0 radical (unpaired) electrons. The second kappa shape index (κ2) is 10.5. The van der Waals surface area contributed by atoms with Crippen LogP contribution in [0.1, 0.15) is 5.56 Å². The number of halogens is 3. The van der Waals surface area contributed by atoms with Crippen LogP contribution >= 0.6 is 46.6 Å². The molecule has 1 aliphatic rings. The lowest BCUT2D eigenvalue weighted by Gasteiger charge is -2.15. The van der Waals surface area contributed by atoms with Crippen LogP contribution in [-0.2, 0) is 9.59 Å². The van der Waals surface area contributed by atoms with Crippen LogP contribution in [0.4, 0.5) is 11.4 Å². The quantitative estimate of drug-likeness (QED) is 0.348. The number of hydrogen-bond donors (Lipinski definition) is 1. The predicted octanol–water partition coefficient (Wildman–Crippen LogP) is 6.92. The van der Waals surface area contributed by atoms with Crippen LogP contribution < -0.4 is 9.64 Å². The molecular formula is C24H15Cl3N2O4S. The van der Waals surface area contributed by atoms with Crippen LogP contribution in [0.2, 0.25) is 15.1 Å². The Balaban J connectivity index is 1.76. The summed E-state index contributed by atoms with van der Waals surface area (Å²) in [5.41, 5.74) is 1.67. The van der Waals surface area contributed by atoms with Gasteiger partial charge in [0.15, 0.2) is 11.8 Å². The van der Waals surface area contributed by atoms with Crippen molar-refractivity contribution in [1.29, 1.82) is 0 Å². The van der Waals surface area contributed by atoms with Crippen LogP contribution in [0.25, 0.3) is 6.08 Å². The third-order valence-electron chi connectivity index (χ3n) is 4.55. The zero-order chi connectivity index (χ0) is 24.2. The average molecular weight is 534 g/mol. The smallest absolute Gasteiger partial charge is 0.341 e. The van der Waals surface area contributed by atoms with E-state index in [0.717, 1.165) is 0 Å². The number of carbonyl (C=O) groups is 2. The van der Waals surface area contributed by atoms with E-state index in [0.29, 0.717) is 42.1 Å². The van der Waals surface area contributed by atoms with Crippen molar-refractivity contribution in [2.45, 2.75) is 0 Å². The molecule has 1 fully saturated rings. The number of rotatable bonds is 6. The summed E-state index contributed by atoms with van der Waals surface area (Å²) >= 11 is 19.3. The molecule has 4 rings (SSSR count). The zero-order valence-corrected chi connectivity index (χ0v) is 20.3. The first-order chi connectivity index (χ1) is 16.3. The highest BCUT2D eigenvalue weighted by Crippen LogP contribution is 2.39. The van der Waals surface area contributed by atoms with Gasteiger partial charge in [-0.05, 0) is 84.6 Å². The third-order valence-corrected chi connectivity index (χ3v) is 6.26. The minimum absolute atomic E-state index is 0.286. The molecule has 1 heterocycles. The largest absolute Gasteiger partial charge is 0.481 e. The number of carboxylic acid groups (broad SMARTS) is 1. The molecule has 0 saturated carbocycles. The second-order valence-electron chi connectivity index (χ2n) is 6.96. The van der Waals surface area contributed by atoms with Gasteiger partial charge in [-0.15, -0.1) is 0 Å². The molecular weight excluding hydrogens is 519 g/mol.